The van der Waals surface area contributed by atoms with E-state index in [2.05, 4.69) is 130 Å². The second-order valence-corrected chi connectivity index (χ2v) is 15.6. The van der Waals surface area contributed by atoms with Crippen molar-refractivity contribution in [2.75, 3.05) is 13.2 Å². The molecule has 0 amide bonds. The van der Waals surface area contributed by atoms with Gasteiger partial charge in [-0.3, -0.25) is 14.4 Å². The van der Waals surface area contributed by atoms with Crippen LogP contribution in [-0.4, -0.2) is 37.2 Å². The van der Waals surface area contributed by atoms with Crippen LogP contribution >= 0.6 is 0 Å². The van der Waals surface area contributed by atoms with Crippen LogP contribution in [0, 0.1) is 0 Å². The third-order valence-electron chi connectivity index (χ3n) is 9.74. The molecule has 0 N–H and O–H groups in total. The van der Waals surface area contributed by atoms with Crippen LogP contribution in [0.25, 0.3) is 0 Å². The molecule has 0 fully saturated rings. The van der Waals surface area contributed by atoms with Gasteiger partial charge in [0.15, 0.2) is 6.10 Å². The van der Waals surface area contributed by atoms with Crippen molar-refractivity contribution < 1.29 is 28.6 Å². The van der Waals surface area contributed by atoms with Gasteiger partial charge in [-0.1, -0.05) is 188 Å². The van der Waals surface area contributed by atoms with Crippen molar-refractivity contribution in [1.29, 1.82) is 0 Å². The summed E-state index contributed by atoms with van der Waals surface area (Å²) in [5.74, 6) is -0.975. The summed E-state index contributed by atoms with van der Waals surface area (Å²) < 4.78 is 16.6. The average Bonchev–Trinajstić information content (AvgIpc) is 3.26. The van der Waals surface area contributed by atoms with Gasteiger partial charge < -0.3 is 14.2 Å². The Kier molecular flexibility index (Phi) is 45.6. The van der Waals surface area contributed by atoms with Gasteiger partial charge in [0.05, 0.1) is 0 Å². The van der Waals surface area contributed by atoms with E-state index >= 15 is 0 Å². The summed E-state index contributed by atoms with van der Waals surface area (Å²) in [4.78, 5) is 37.5. The van der Waals surface area contributed by atoms with Crippen molar-refractivity contribution in [1.82, 2.24) is 0 Å². The molecule has 6 heteroatoms. The molecule has 0 rings (SSSR count). The van der Waals surface area contributed by atoms with Gasteiger partial charge in [-0.15, -0.1) is 0 Å². The Morgan fingerprint density at radius 2 is 0.672 bits per heavy atom. The number of allylic oxidation sites excluding steroid dienone is 18. The molecule has 0 radical (unpaired) electrons. The van der Waals surface area contributed by atoms with Crippen molar-refractivity contribution in [3.05, 3.63) is 109 Å². The van der Waals surface area contributed by atoms with Gasteiger partial charge in [0.25, 0.3) is 0 Å². The van der Waals surface area contributed by atoms with E-state index in [1.807, 2.05) is 0 Å². The minimum atomic E-state index is -0.796. The van der Waals surface area contributed by atoms with Crippen molar-refractivity contribution in [3.8, 4) is 0 Å². The molecular weight excluding hydrogens is 757 g/mol. The highest BCUT2D eigenvalue weighted by molar-refractivity contribution is 5.71. The van der Waals surface area contributed by atoms with E-state index in [9.17, 15) is 14.4 Å². The first kappa shape index (κ1) is 57.1. The normalized spacial score (nSPS) is 13.0. The van der Waals surface area contributed by atoms with Gasteiger partial charge in [0.2, 0.25) is 0 Å². The van der Waals surface area contributed by atoms with Gasteiger partial charge in [-0.05, 0) is 103 Å². The lowest BCUT2D eigenvalue weighted by atomic mass is 10.1. The Hall–Kier alpha value is -3.93. The standard InChI is InChI=1S/C55H88O6/c1-4-7-10-13-16-18-20-21-22-23-24-25-26-27-28-29-30-31-32-33-34-35-36-38-39-42-45-48-54(57)60-51-52(50-59-53(56)47-44-41-15-12-9-6-3)61-55(58)49-46-43-40-37-19-17-14-11-8-5-2/h7,10-11,14,16,18,21-22,24-25,27-28,30-31,33-34,36,38,52H,4-6,8-9,12-13,15,17,19-20,23,26,29,32,35,37,39-51H2,1-3H3/b10-7-,14-11-,18-16-,22-21-,25-24-,28-27-,31-30-,34-33-,38-36-. The Morgan fingerprint density at radius 1 is 0.344 bits per heavy atom. The molecule has 61 heavy (non-hydrogen) atoms. The summed E-state index contributed by atoms with van der Waals surface area (Å²) in [6, 6.07) is 0. The molecule has 0 aliphatic carbocycles. The second kappa shape index (κ2) is 48.7. The quantitative estimate of drug-likeness (QED) is 0.0264. The van der Waals surface area contributed by atoms with Crippen LogP contribution in [0.2, 0.25) is 0 Å². The molecule has 0 saturated carbocycles. The number of unbranched alkanes of at least 4 members (excludes halogenated alkanes) is 13. The van der Waals surface area contributed by atoms with Crippen LogP contribution in [0.1, 0.15) is 201 Å². The van der Waals surface area contributed by atoms with Crippen LogP contribution in [0.5, 0.6) is 0 Å². The van der Waals surface area contributed by atoms with Crippen molar-refractivity contribution >= 4 is 17.9 Å². The number of rotatable bonds is 42. The predicted molar refractivity (Wildman–Crippen MR) is 260 cm³/mol. The number of ether oxygens (including phenoxy) is 3. The molecule has 6 nitrogen and oxygen atoms in total. The fraction of sp³-hybridized carbons (Fsp3) is 0.618. The molecule has 344 valence electrons. The smallest absolute Gasteiger partial charge is 0.306 e. The van der Waals surface area contributed by atoms with E-state index in [0.29, 0.717) is 25.7 Å². The van der Waals surface area contributed by atoms with Crippen LogP contribution in [0.15, 0.2) is 109 Å². The Balaban J connectivity index is 4.26. The topological polar surface area (TPSA) is 78.9 Å². The lowest BCUT2D eigenvalue weighted by Crippen LogP contribution is -2.30. The molecule has 0 aromatic carbocycles. The van der Waals surface area contributed by atoms with Gasteiger partial charge >= 0.3 is 17.9 Å². The van der Waals surface area contributed by atoms with Crippen LogP contribution < -0.4 is 0 Å². The number of esters is 3. The molecule has 0 spiro atoms. The molecule has 0 aromatic rings. The first-order chi connectivity index (χ1) is 30.0. The summed E-state index contributed by atoms with van der Waals surface area (Å²) >= 11 is 0. The Morgan fingerprint density at radius 3 is 1.11 bits per heavy atom. The maximum absolute atomic E-state index is 12.6. The van der Waals surface area contributed by atoms with E-state index in [1.165, 1.54) is 32.1 Å². The zero-order chi connectivity index (χ0) is 44.4. The fourth-order valence-corrected chi connectivity index (χ4v) is 6.10. The van der Waals surface area contributed by atoms with Crippen LogP contribution in [-0.2, 0) is 28.6 Å². The number of hydrogen-bond donors (Lipinski definition) is 0. The third-order valence-corrected chi connectivity index (χ3v) is 9.74. The summed E-state index contributed by atoms with van der Waals surface area (Å²) in [7, 11) is 0. The molecule has 0 heterocycles. The van der Waals surface area contributed by atoms with Gasteiger partial charge in [0.1, 0.15) is 13.2 Å². The minimum Gasteiger partial charge on any atom is -0.462 e. The minimum absolute atomic E-state index is 0.0974. The van der Waals surface area contributed by atoms with Gasteiger partial charge in [-0.2, -0.15) is 0 Å². The second-order valence-electron chi connectivity index (χ2n) is 15.6. The molecule has 0 aliphatic rings. The number of carbonyl (C=O) groups is 3. The van der Waals surface area contributed by atoms with Gasteiger partial charge in [0, 0.05) is 19.3 Å². The summed E-state index contributed by atoms with van der Waals surface area (Å²) in [6.45, 7) is 6.32. The molecule has 1 unspecified atom stereocenters. The van der Waals surface area contributed by atoms with Crippen LogP contribution in [0.4, 0.5) is 0 Å². The molecule has 0 bridgehead atoms. The highest BCUT2D eigenvalue weighted by atomic mass is 16.6. The number of hydrogen-bond acceptors (Lipinski definition) is 6. The summed E-state index contributed by atoms with van der Waals surface area (Å²) in [5.41, 5.74) is 0. The predicted octanol–water partition coefficient (Wildman–Crippen LogP) is 16.0. The van der Waals surface area contributed by atoms with Crippen molar-refractivity contribution in [3.63, 3.8) is 0 Å². The molecule has 0 aliphatic heterocycles. The van der Waals surface area contributed by atoms with E-state index in [1.54, 1.807) is 0 Å². The van der Waals surface area contributed by atoms with Crippen molar-refractivity contribution in [2.24, 2.45) is 0 Å². The van der Waals surface area contributed by atoms with Crippen molar-refractivity contribution in [2.45, 2.75) is 207 Å². The largest absolute Gasteiger partial charge is 0.462 e. The van der Waals surface area contributed by atoms with E-state index in [-0.39, 0.29) is 31.1 Å². The molecule has 0 aromatic heterocycles. The zero-order valence-electron chi connectivity index (χ0n) is 39.1. The monoisotopic (exact) mass is 845 g/mol. The SMILES string of the molecule is CC/C=C\C/C=C\C/C=C\C/C=C\C/C=C\C/C=C\C/C=C\C/C=C\CCCCC(=O)OCC(COC(=O)CCCCCCCC)OC(=O)CCCCCCC/C=C\CCC. The van der Waals surface area contributed by atoms with E-state index in [0.717, 1.165) is 122 Å². The number of carbonyl (C=O) groups excluding carboxylic acids is 3. The van der Waals surface area contributed by atoms with E-state index < -0.39 is 6.10 Å². The average molecular weight is 845 g/mol. The summed E-state index contributed by atoms with van der Waals surface area (Å²) in [6.07, 6.45) is 65.4. The molecular formula is C55H88O6. The van der Waals surface area contributed by atoms with E-state index in [4.69, 9.17) is 14.2 Å². The zero-order valence-corrected chi connectivity index (χ0v) is 39.1. The maximum atomic E-state index is 12.6. The first-order valence-corrected chi connectivity index (χ1v) is 24.4. The molecule has 0 saturated heterocycles. The maximum Gasteiger partial charge on any atom is 0.306 e. The fourth-order valence-electron chi connectivity index (χ4n) is 6.10. The van der Waals surface area contributed by atoms with Crippen LogP contribution in [0.3, 0.4) is 0 Å². The Labute approximate surface area is 374 Å². The lowest BCUT2D eigenvalue weighted by molar-refractivity contribution is -0.167. The lowest BCUT2D eigenvalue weighted by Gasteiger charge is -2.18. The third kappa shape index (κ3) is 47.0. The Bertz CT molecular complexity index is 1290. The highest BCUT2D eigenvalue weighted by Gasteiger charge is 2.19. The molecule has 1 atom stereocenters. The first-order valence-electron chi connectivity index (χ1n) is 24.4. The summed E-state index contributed by atoms with van der Waals surface area (Å²) in [5, 5.41) is 0. The highest BCUT2D eigenvalue weighted by Crippen LogP contribution is 2.12. The van der Waals surface area contributed by atoms with Gasteiger partial charge in [-0.25, -0.2) is 0 Å².